The minimum Gasteiger partial charge on any atom is -0.456 e. The van der Waals surface area contributed by atoms with Crippen molar-refractivity contribution in [2.24, 2.45) is 0 Å². The van der Waals surface area contributed by atoms with E-state index in [1.807, 2.05) is 60.8 Å². The summed E-state index contributed by atoms with van der Waals surface area (Å²) in [6, 6.07) is 43.6. The third kappa shape index (κ3) is 4.14. The van der Waals surface area contributed by atoms with E-state index >= 15 is 0 Å². The zero-order valence-electron chi connectivity index (χ0n) is 22.0. The molecular formula is C37H23N3O. The van der Waals surface area contributed by atoms with Crippen LogP contribution >= 0.6 is 0 Å². The van der Waals surface area contributed by atoms with E-state index in [0.29, 0.717) is 5.82 Å². The van der Waals surface area contributed by atoms with Gasteiger partial charge in [-0.2, -0.15) is 0 Å². The first kappa shape index (κ1) is 23.3. The van der Waals surface area contributed by atoms with Crippen molar-refractivity contribution in [2.75, 3.05) is 0 Å². The number of fused-ring (bicyclic) bond motifs is 2. The first-order chi connectivity index (χ1) is 20.3. The van der Waals surface area contributed by atoms with E-state index in [2.05, 4.69) is 77.8 Å². The van der Waals surface area contributed by atoms with E-state index in [4.69, 9.17) is 14.7 Å². The molecule has 0 radical (unpaired) electrons. The van der Waals surface area contributed by atoms with E-state index in [1.165, 1.54) is 10.9 Å². The van der Waals surface area contributed by atoms with Crippen LogP contribution in [-0.2, 0) is 0 Å². The van der Waals surface area contributed by atoms with Crippen molar-refractivity contribution >= 4 is 10.8 Å². The van der Waals surface area contributed by atoms with Gasteiger partial charge in [0.25, 0.3) is 0 Å². The molecule has 4 nitrogen and oxygen atoms in total. The van der Waals surface area contributed by atoms with Crippen LogP contribution in [0.4, 0.5) is 0 Å². The highest BCUT2D eigenvalue weighted by atomic mass is 16.5. The summed E-state index contributed by atoms with van der Waals surface area (Å²) >= 11 is 0. The average molecular weight is 526 g/mol. The fourth-order valence-corrected chi connectivity index (χ4v) is 5.57. The van der Waals surface area contributed by atoms with E-state index in [0.717, 1.165) is 61.7 Å². The molecule has 0 unspecified atom stereocenters. The van der Waals surface area contributed by atoms with Crippen LogP contribution in [0, 0.1) is 0 Å². The summed E-state index contributed by atoms with van der Waals surface area (Å²) < 4.78 is 6.34. The summed E-state index contributed by atoms with van der Waals surface area (Å²) in [6.07, 6.45) is 3.67. The molecule has 0 saturated carbocycles. The molecule has 0 spiro atoms. The van der Waals surface area contributed by atoms with E-state index in [9.17, 15) is 0 Å². The van der Waals surface area contributed by atoms with Gasteiger partial charge in [-0.05, 0) is 59.0 Å². The smallest absolute Gasteiger partial charge is 0.160 e. The Morgan fingerprint density at radius 3 is 2.02 bits per heavy atom. The van der Waals surface area contributed by atoms with Gasteiger partial charge in [-0.3, -0.25) is 4.98 Å². The molecule has 0 amide bonds. The van der Waals surface area contributed by atoms with Gasteiger partial charge in [-0.1, -0.05) is 84.9 Å². The lowest BCUT2D eigenvalue weighted by Crippen LogP contribution is -1.99. The average Bonchev–Trinajstić information content (AvgIpc) is 3.05. The standard InChI is InChI=1S/C37H23N3O/c1-2-8-25(9-3-1)37-39-32(27-13-4-12-26(20-27)29-14-7-19-38-23-29)22-33(40-37)28-17-18-34-31(21-28)30-15-5-10-24-11-6-16-35(41-34)36(24)30/h1-23H. The molecule has 0 fully saturated rings. The predicted octanol–water partition coefficient (Wildman–Crippen LogP) is 9.47. The molecule has 0 atom stereocenters. The molecule has 5 aromatic carbocycles. The number of rotatable bonds is 4. The number of nitrogens with zero attached hydrogens (tertiary/aromatic N) is 3. The maximum Gasteiger partial charge on any atom is 0.160 e. The van der Waals surface area contributed by atoms with Crippen LogP contribution in [0.15, 0.2) is 140 Å². The normalized spacial score (nSPS) is 11.6. The fourth-order valence-electron chi connectivity index (χ4n) is 5.57. The summed E-state index contributed by atoms with van der Waals surface area (Å²) in [6.45, 7) is 0. The van der Waals surface area contributed by atoms with Crippen LogP contribution in [0.1, 0.15) is 0 Å². The summed E-state index contributed by atoms with van der Waals surface area (Å²) in [4.78, 5) is 14.4. The van der Waals surface area contributed by atoms with Crippen LogP contribution in [0.3, 0.4) is 0 Å². The Balaban J connectivity index is 1.30. The van der Waals surface area contributed by atoms with Crippen molar-refractivity contribution in [1.82, 2.24) is 15.0 Å². The number of hydrogen-bond donors (Lipinski definition) is 0. The Kier molecular flexibility index (Phi) is 5.42. The number of pyridine rings is 1. The van der Waals surface area contributed by atoms with Gasteiger partial charge in [0.1, 0.15) is 11.5 Å². The van der Waals surface area contributed by atoms with Crippen molar-refractivity contribution in [2.45, 2.75) is 0 Å². The van der Waals surface area contributed by atoms with Crippen molar-refractivity contribution in [3.63, 3.8) is 0 Å². The van der Waals surface area contributed by atoms with Crippen molar-refractivity contribution in [1.29, 1.82) is 0 Å². The van der Waals surface area contributed by atoms with Gasteiger partial charge < -0.3 is 4.74 Å². The molecule has 0 saturated heterocycles. The first-order valence-electron chi connectivity index (χ1n) is 13.6. The van der Waals surface area contributed by atoms with E-state index < -0.39 is 0 Å². The fraction of sp³-hybridized carbons (Fsp3) is 0. The summed E-state index contributed by atoms with van der Waals surface area (Å²) in [5.41, 5.74) is 9.11. The highest BCUT2D eigenvalue weighted by Crippen LogP contribution is 2.47. The highest BCUT2D eigenvalue weighted by Gasteiger charge is 2.21. The second-order valence-electron chi connectivity index (χ2n) is 10.1. The molecule has 192 valence electrons. The maximum atomic E-state index is 6.34. The largest absolute Gasteiger partial charge is 0.456 e. The number of benzene rings is 5. The second kappa shape index (κ2) is 9.54. The van der Waals surface area contributed by atoms with Gasteiger partial charge >= 0.3 is 0 Å². The van der Waals surface area contributed by atoms with Gasteiger partial charge in [-0.15, -0.1) is 0 Å². The molecule has 7 aromatic rings. The summed E-state index contributed by atoms with van der Waals surface area (Å²) in [7, 11) is 0. The van der Waals surface area contributed by atoms with Gasteiger partial charge in [-0.25, -0.2) is 9.97 Å². The molecule has 4 heteroatoms. The predicted molar refractivity (Wildman–Crippen MR) is 165 cm³/mol. The Morgan fingerprint density at radius 1 is 0.463 bits per heavy atom. The maximum absolute atomic E-state index is 6.34. The molecule has 8 rings (SSSR count). The van der Waals surface area contributed by atoms with Crippen LogP contribution in [0.25, 0.3) is 66.9 Å². The Morgan fingerprint density at radius 2 is 1.20 bits per heavy atom. The molecule has 1 aliphatic rings. The van der Waals surface area contributed by atoms with Gasteiger partial charge in [0.15, 0.2) is 5.82 Å². The van der Waals surface area contributed by atoms with E-state index in [1.54, 1.807) is 6.20 Å². The second-order valence-corrected chi connectivity index (χ2v) is 10.1. The molecule has 3 heterocycles. The minimum absolute atomic E-state index is 0.686. The lowest BCUT2D eigenvalue weighted by atomic mass is 9.93. The molecule has 0 aliphatic carbocycles. The SMILES string of the molecule is c1ccc(-c2nc(-c3cccc(-c4cccnc4)c3)cc(-c3ccc4c(c3)-c3cccc5cccc(c35)O4)n2)cc1. The molecule has 0 bridgehead atoms. The molecule has 1 aliphatic heterocycles. The Labute approximate surface area is 237 Å². The molecule has 2 aromatic heterocycles. The van der Waals surface area contributed by atoms with Crippen LogP contribution in [0.5, 0.6) is 11.5 Å². The van der Waals surface area contributed by atoms with E-state index in [-0.39, 0.29) is 0 Å². The Hall–Kier alpha value is -5.61. The molecule has 41 heavy (non-hydrogen) atoms. The zero-order chi connectivity index (χ0) is 27.2. The van der Waals surface area contributed by atoms with Gasteiger partial charge in [0.05, 0.1) is 11.4 Å². The zero-order valence-corrected chi connectivity index (χ0v) is 22.0. The minimum atomic E-state index is 0.686. The third-order valence-corrected chi connectivity index (χ3v) is 7.56. The Bertz CT molecular complexity index is 2070. The van der Waals surface area contributed by atoms with Gasteiger partial charge in [0.2, 0.25) is 0 Å². The summed E-state index contributed by atoms with van der Waals surface area (Å²) in [5, 5.41) is 2.31. The third-order valence-electron chi connectivity index (χ3n) is 7.56. The number of ether oxygens (including phenoxy) is 1. The lowest BCUT2D eigenvalue weighted by Gasteiger charge is -2.22. The van der Waals surface area contributed by atoms with Crippen LogP contribution < -0.4 is 4.74 Å². The highest BCUT2D eigenvalue weighted by molar-refractivity contribution is 6.04. The van der Waals surface area contributed by atoms with Crippen molar-refractivity contribution in [3.05, 3.63) is 140 Å². The number of aromatic nitrogens is 3. The number of hydrogen-bond acceptors (Lipinski definition) is 4. The van der Waals surface area contributed by atoms with Gasteiger partial charge in [0, 0.05) is 45.6 Å². The van der Waals surface area contributed by atoms with Crippen molar-refractivity contribution in [3.8, 4) is 67.7 Å². The summed E-state index contributed by atoms with van der Waals surface area (Å²) in [5.74, 6) is 2.43. The molecular weight excluding hydrogens is 502 g/mol. The van der Waals surface area contributed by atoms with Crippen LogP contribution in [0.2, 0.25) is 0 Å². The first-order valence-corrected chi connectivity index (χ1v) is 13.6. The topological polar surface area (TPSA) is 47.9 Å². The lowest BCUT2D eigenvalue weighted by molar-refractivity contribution is 0.487. The van der Waals surface area contributed by atoms with Crippen molar-refractivity contribution < 1.29 is 4.74 Å². The van der Waals surface area contributed by atoms with Crippen LogP contribution in [-0.4, -0.2) is 15.0 Å². The quantitative estimate of drug-likeness (QED) is 0.230. The molecule has 0 N–H and O–H groups in total. The monoisotopic (exact) mass is 525 g/mol.